The molecule has 1 aromatic carbocycles. The van der Waals surface area contributed by atoms with Gasteiger partial charge in [0.2, 0.25) is 5.91 Å². The fourth-order valence-electron chi connectivity index (χ4n) is 2.12. The van der Waals surface area contributed by atoms with Crippen LogP contribution in [0.4, 0.5) is 0 Å². The highest BCUT2D eigenvalue weighted by molar-refractivity contribution is 7.99. The number of rotatable bonds is 10. The van der Waals surface area contributed by atoms with Gasteiger partial charge >= 0.3 is 0 Å². The van der Waals surface area contributed by atoms with Gasteiger partial charge in [-0.15, -0.1) is 11.8 Å². The molecule has 2 unspecified atom stereocenters. The van der Waals surface area contributed by atoms with Crippen LogP contribution in [0.3, 0.4) is 0 Å². The van der Waals surface area contributed by atoms with Crippen molar-refractivity contribution >= 4 is 17.7 Å². The fourth-order valence-corrected chi connectivity index (χ4v) is 2.93. The molecule has 21 heavy (non-hydrogen) atoms. The molecule has 1 rings (SSSR count). The van der Waals surface area contributed by atoms with Crippen LogP contribution < -0.4 is 5.32 Å². The van der Waals surface area contributed by atoms with Crippen molar-refractivity contribution in [1.29, 1.82) is 0 Å². The van der Waals surface area contributed by atoms with Crippen LogP contribution in [0.2, 0.25) is 0 Å². The fraction of sp³-hybridized carbons (Fsp3) is 0.588. The van der Waals surface area contributed by atoms with Crippen LogP contribution in [0.25, 0.3) is 0 Å². The summed E-state index contributed by atoms with van der Waals surface area (Å²) in [5.41, 5.74) is 0.901. The molecular weight excluding hydrogens is 282 g/mol. The zero-order valence-corrected chi connectivity index (χ0v) is 13.9. The van der Waals surface area contributed by atoms with E-state index in [1.165, 1.54) is 24.6 Å². The van der Waals surface area contributed by atoms with E-state index in [2.05, 4.69) is 19.2 Å². The highest BCUT2D eigenvalue weighted by atomic mass is 32.2. The van der Waals surface area contributed by atoms with Crippen LogP contribution in [-0.4, -0.2) is 28.6 Å². The number of hydrogen-bond acceptors (Lipinski definition) is 3. The van der Waals surface area contributed by atoms with Gasteiger partial charge in [0.05, 0.1) is 11.9 Å². The van der Waals surface area contributed by atoms with Gasteiger partial charge in [-0.1, -0.05) is 56.5 Å². The number of unbranched alkanes of at least 4 members (excludes halogenated alkanes) is 2. The second-order valence-electron chi connectivity index (χ2n) is 5.41. The van der Waals surface area contributed by atoms with Crippen molar-refractivity contribution in [3.05, 3.63) is 35.9 Å². The summed E-state index contributed by atoms with van der Waals surface area (Å²) < 4.78 is 0. The molecule has 0 aliphatic rings. The number of carbonyl (C=O) groups is 1. The predicted octanol–water partition coefficient (Wildman–Crippen LogP) is 3.54. The minimum atomic E-state index is -0.508. The summed E-state index contributed by atoms with van der Waals surface area (Å²) in [7, 11) is 0. The van der Waals surface area contributed by atoms with Crippen molar-refractivity contribution in [2.45, 2.75) is 51.7 Å². The molecule has 0 aliphatic carbocycles. The molecule has 0 spiro atoms. The first-order valence-corrected chi connectivity index (χ1v) is 8.89. The largest absolute Gasteiger partial charge is 0.388 e. The molecule has 2 atom stereocenters. The Morgan fingerprint density at radius 1 is 1.29 bits per heavy atom. The van der Waals surface area contributed by atoms with E-state index in [-0.39, 0.29) is 11.9 Å². The quantitative estimate of drug-likeness (QED) is 0.650. The molecule has 0 radical (unpaired) electrons. The first-order chi connectivity index (χ1) is 10.1. The second-order valence-corrected chi connectivity index (χ2v) is 6.44. The third-order valence-corrected chi connectivity index (χ3v) is 4.36. The van der Waals surface area contributed by atoms with E-state index in [9.17, 15) is 9.90 Å². The molecule has 0 aromatic heterocycles. The lowest BCUT2D eigenvalue weighted by molar-refractivity contribution is -0.119. The maximum Gasteiger partial charge on any atom is 0.230 e. The van der Waals surface area contributed by atoms with Gasteiger partial charge in [-0.05, 0) is 18.9 Å². The molecule has 1 aromatic rings. The Bertz CT molecular complexity index is 397. The summed E-state index contributed by atoms with van der Waals surface area (Å²) in [5, 5.41) is 13.0. The first-order valence-electron chi connectivity index (χ1n) is 7.73. The van der Waals surface area contributed by atoms with Crippen LogP contribution >= 0.6 is 11.8 Å². The average molecular weight is 309 g/mol. The molecule has 0 bridgehead atoms. The minimum absolute atomic E-state index is 0.0595. The van der Waals surface area contributed by atoms with Gasteiger partial charge < -0.3 is 10.4 Å². The number of amides is 1. The highest BCUT2D eigenvalue weighted by Gasteiger charge is 2.10. The Kier molecular flexibility index (Phi) is 9.19. The van der Waals surface area contributed by atoms with E-state index < -0.39 is 6.10 Å². The second kappa shape index (κ2) is 10.7. The summed E-state index contributed by atoms with van der Waals surface area (Å²) in [5.74, 6) is 1.01. The number of benzene rings is 1. The Hall–Kier alpha value is -1.00. The van der Waals surface area contributed by atoms with Gasteiger partial charge in [0.1, 0.15) is 0 Å². The van der Waals surface area contributed by atoms with Crippen molar-refractivity contribution in [1.82, 2.24) is 5.32 Å². The number of aliphatic hydroxyl groups excluding tert-OH is 1. The predicted molar refractivity (Wildman–Crippen MR) is 90.5 cm³/mol. The number of carbonyl (C=O) groups excluding carboxylic acids is 1. The van der Waals surface area contributed by atoms with Crippen LogP contribution in [-0.2, 0) is 4.79 Å². The van der Waals surface area contributed by atoms with Crippen LogP contribution in [0.15, 0.2) is 30.3 Å². The molecule has 0 fully saturated rings. The zero-order chi connectivity index (χ0) is 15.5. The summed E-state index contributed by atoms with van der Waals surface area (Å²) in [6.45, 7) is 4.23. The third-order valence-electron chi connectivity index (χ3n) is 3.34. The van der Waals surface area contributed by atoms with Crippen molar-refractivity contribution in [2.24, 2.45) is 0 Å². The molecule has 3 nitrogen and oxygen atoms in total. The summed E-state index contributed by atoms with van der Waals surface area (Å²) in [6, 6.07) is 9.80. The van der Waals surface area contributed by atoms with Gasteiger partial charge in [-0.3, -0.25) is 4.79 Å². The normalized spacial score (nSPS) is 13.7. The van der Waals surface area contributed by atoms with E-state index in [1.54, 1.807) is 0 Å². The Labute approximate surface area is 132 Å². The smallest absolute Gasteiger partial charge is 0.230 e. The topological polar surface area (TPSA) is 49.3 Å². The molecule has 1 amide bonds. The van der Waals surface area contributed by atoms with E-state index in [4.69, 9.17) is 0 Å². The van der Waals surface area contributed by atoms with Crippen molar-refractivity contribution in [3.63, 3.8) is 0 Å². The summed E-state index contributed by atoms with van der Waals surface area (Å²) in [4.78, 5) is 11.8. The molecule has 0 saturated carbocycles. The van der Waals surface area contributed by atoms with Crippen molar-refractivity contribution in [3.8, 4) is 0 Å². The van der Waals surface area contributed by atoms with Crippen LogP contribution in [0, 0.1) is 0 Å². The third kappa shape index (κ3) is 8.12. The van der Waals surface area contributed by atoms with Crippen LogP contribution in [0.5, 0.6) is 0 Å². The molecule has 2 N–H and O–H groups in total. The lowest BCUT2D eigenvalue weighted by Crippen LogP contribution is -2.33. The first kappa shape index (κ1) is 18.1. The number of nitrogens with one attached hydrogen (secondary N) is 1. The summed E-state index contributed by atoms with van der Waals surface area (Å²) >= 11 is 1.47. The van der Waals surface area contributed by atoms with E-state index in [1.807, 2.05) is 30.3 Å². The van der Waals surface area contributed by atoms with Gasteiger partial charge in [-0.2, -0.15) is 0 Å². The summed E-state index contributed by atoms with van der Waals surface area (Å²) in [6.07, 6.45) is 4.12. The number of aliphatic hydroxyl groups is 1. The van der Waals surface area contributed by atoms with Crippen molar-refractivity contribution in [2.75, 3.05) is 11.5 Å². The number of thioether (sulfide) groups is 1. The molecule has 118 valence electrons. The standard InChI is InChI=1S/C17H27NO2S/c1-3-4-6-9-14(2)18-17(20)13-21-12-16(19)15-10-7-5-8-11-15/h5,7-8,10-11,14,16,19H,3-4,6,9,12-13H2,1-2H3,(H,18,20). The SMILES string of the molecule is CCCCCC(C)NC(=O)CSCC(O)c1ccccc1. The lowest BCUT2D eigenvalue weighted by atomic mass is 10.1. The minimum Gasteiger partial charge on any atom is -0.388 e. The van der Waals surface area contributed by atoms with Gasteiger partial charge in [-0.25, -0.2) is 0 Å². The van der Waals surface area contributed by atoms with E-state index >= 15 is 0 Å². The average Bonchev–Trinajstić information content (AvgIpc) is 2.48. The Morgan fingerprint density at radius 2 is 2.00 bits per heavy atom. The maximum atomic E-state index is 11.8. The van der Waals surface area contributed by atoms with Gasteiger partial charge in [0.15, 0.2) is 0 Å². The Balaban J connectivity index is 2.15. The highest BCUT2D eigenvalue weighted by Crippen LogP contribution is 2.17. The van der Waals surface area contributed by atoms with Gasteiger partial charge in [0.25, 0.3) is 0 Å². The zero-order valence-electron chi connectivity index (χ0n) is 13.0. The maximum absolute atomic E-state index is 11.8. The molecular formula is C17H27NO2S. The molecule has 0 aliphatic heterocycles. The van der Waals surface area contributed by atoms with Crippen molar-refractivity contribution < 1.29 is 9.90 Å². The Morgan fingerprint density at radius 3 is 2.67 bits per heavy atom. The molecule has 0 saturated heterocycles. The molecule has 4 heteroatoms. The van der Waals surface area contributed by atoms with E-state index in [0.717, 1.165) is 18.4 Å². The van der Waals surface area contributed by atoms with Gasteiger partial charge in [0, 0.05) is 11.8 Å². The van der Waals surface area contributed by atoms with E-state index in [0.29, 0.717) is 11.5 Å². The monoisotopic (exact) mass is 309 g/mol. The molecule has 0 heterocycles. The lowest BCUT2D eigenvalue weighted by Gasteiger charge is -2.14. The van der Waals surface area contributed by atoms with Crippen LogP contribution in [0.1, 0.15) is 51.2 Å². The number of hydrogen-bond donors (Lipinski definition) is 2.